The Kier molecular flexibility index (Phi) is 4.63. The number of halogens is 3. The lowest BCUT2D eigenvalue weighted by atomic mass is 10.3. The largest absolute Gasteiger partial charge is 0.464 e. The molecule has 2 rings (SSSR count). The van der Waals surface area contributed by atoms with E-state index >= 15 is 0 Å². The number of rotatable bonds is 4. The van der Waals surface area contributed by atoms with Crippen LogP contribution in [0, 0.1) is 0 Å². The first kappa shape index (κ1) is 14.1. The summed E-state index contributed by atoms with van der Waals surface area (Å²) in [6.45, 7) is 2.20. The quantitative estimate of drug-likeness (QED) is 0.851. The van der Waals surface area contributed by atoms with Crippen molar-refractivity contribution < 1.29 is 9.47 Å². The number of ether oxygens (including phenoxy) is 2. The molecule has 0 N–H and O–H groups in total. The zero-order valence-corrected chi connectivity index (χ0v) is 12.0. The van der Waals surface area contributed by atoms with Gasteiger partial charge in [0.2, 0.25) is 5.28 Å². The van der Waals surface area contributed by atoms with E-state index in [0.29, 0.717) is 22.4 Å². The highest BCUT2D eigenvalue weighted by Crippen LogP contribution is 2.31. The van der Waals surface area contributed by atoms with E-state index in [2.05, 4.69) is 15.0 Å². The average molecular weight is 321 g/mol. The number of hydrogen-bond donors (Lipinski definition) is 0. The molecule has 1 aromatic heterocycles. The van der Waals surface area contributed by atoms with Gasteiger partial charge in [0.1, 0.15) is 0 Å². The Morgan fingerprint density at radius 2 is 1.79 bits per heavy atom. The Morgan fingerprint density at radius 1 is 1.05 bits per heavy atom. The van der Waals surface area contributed by atoms with Gasteiger partial charge in [0.05, 0.1) is 11.6 Å². The van der Waals surface area contributed by atoms with Gasteiger partial charge in [-0.3, -0.25) is 0 Å². The molecule has 100 valence electrons. The number of hydrogen-bond acceptors (Lipinski definition) is 5. The number of aromatic nitrogens is 3. The van der Waals surface area contributed by atoms with Crippen LogP contribution in [0.5, 0.6) is 17.8 Å². The van der Waals surface area contributed by atoms with Gasteiger partial charge in [0, 0.05) is 11.1 Å². The predicted octanol–water partition coefficient (Wildman–Crippen LogP) is 4.02. The smallest absolute Gasteiger partial charge is 0.329 e. The van der Waals surface area contributed by atoms with Crippen molar-refractivity contribution in [3.8, 4) is 17.8 Å². The summed E-state index contributed by atoms with van der Waals surface area (Å²) in [5.41, 5.74) is 0. The lowest BCUT2D eigenvalue weighted by molar-refractivity contribution is 0.303. The van der Waals surface area contributed by atoms with Crippen molar-refractivity contribution in [2.75, 3.05) is 6.61 Å². The molecule has 0 saturated carbocycles. The zero-order valence-electron chi connectivity index (χ0n) is 9.73. The molecule has 0 unspecified atom stereocenters. The van der Waals surface area contributed by atoms with Crippen LogP contribution >= 0.6 is 34.8 Å². The average Bonchev–Trinajstić information content (AvgIpc) is 2.33. The second-order valence-electron chi connectivity index (χ2n) is 3.28. The van der Waals surface area contributed by atoms with Crippen molar-refractivity contribution in [3.63, 3.8) is 0 Å². The van der Waals surface area contributed by atoms with Crippen LogP contribution in [0.25, 0.3) is 0 Å². The Bertz CT molecular complexity index is 595. The van der Waals surface area contributed by atoms with Crippen LogP contribution < -0.4 is 9.47 Å². The van der Waals surface area contributed by atoms with Gasteiger partial charge in [0.25, 0.3) is 0 Å². The molecule has 0 atom stereocenters. The van der Waals surface area contributed by atoms with Gasteiger partial charge in [-0.25, -0.2) is 0 Å². The fourth-order valence-electron chi connectivity index (χ4n) is 1.21. The molecule has 19 heavy (non-hydrogen) atoms. The molecule has 0 aliphatic rings. The molecule has 8 heteroatoms. The molecular formula is C11H8Cl3N3O2. The van der Waals surface area contributed by atoms with Crippen LogP contribution in [-0.2, 0) is 0 Å². The fraction of sp³-hybridized carbons (Fsp3) is 0.182. The predicted molar refractivity (Wildman–Crippen MR) is 72.5 cm³/mol. The van der Waals surface area contributed by atoms with Crippen LogP contribution in [0.4, 0.5) is 0 Å². The molecule has 0 saturated heterocycles. The number of benzene rings is 1. The van der Waals surface area contributed by atoms with Crippen molar-refractivity contribution in [1.82, 2.24) is 15.0 Å². The summed E-state index contributed by atoms with van der Waals surface area (Å²) in [6, 6.07) is 4.85. The van der Waals surface area contributed by atoms with E-state index in [4.69, 9.17) is 44.3 Å². The van der Waals surface area contributed by atoms with Crippen molar-refractivity contribution in [2.24, 2.45) is 0 Å². The van der Waals surface area contributed by atoms with Gasteiger partial charge < -0.3 is 9.47 Å². The normalized spacial score (nSPS) is 10.3. The van der Waals surface area contributed by atoms with E-state index in [1.54, 1.807) is 25.1 Å². The van der Waals surface area contributed by atoms with Gasteiger partial charge in [-0.2, -0.15) is 9.97 Å². The summed E-state index contributed by atoms with van der Waals surface area (Å²) in [5, 5.41) is 0.815. The lowest BCUT2D eigenvalue weighted by Gasteiger charge is -2.07. The minimum absolute atomic E-state index is 0.0207. The third-order valence-corrected chi connectivity index (χ3v) is 2.65. The molecule has 1 aromatic carbocycles. The topological polar surface area (TPSA) is 57.1 Å². The highest BCUT2D eigenvalue weighted by molar-refractivity contribution is 6.34. The van der Waals surface area contributed by atoms with Crippen molar-refractivity contribution >= 4 is 34.8 Å². The lowest BCUT2D eigenvalue weighted by Crippen LogP contribution is -2.01. The highest BCUT2D eigenvalue weighted by Gasteiger charge is 2.10. The SMILES string of the molecule is CCOc1nc(Cl)nc(Oc2cc(Cl)ccc2Cl)n1. The van der Waals surface area contributed by atoms with Crippen molar-refractivity contribution in [3.05, 3.63) is 33.5 Å². The fourth-order valence-corrected chi connectivity index (χ4v) is 1.67. The van der Waals surface area contributed by atoms with E-state index in [0.717, 1.165) is 0 Å². The second kappa shape index (κ2) is 6.23. The van der Waals surface area contributed by atoms with Crippen LogP contribution in [0.3, 0.4) is 0 Å². The van der Waals surface area contributed by atoms with Gasteiger partial charge in [0.15, 0.2) is 5.75 Å². The van der Waals surface area contributed by atoms with Gasteiger partial charge in [-0.05, 0) is 30.7 Å². The van der Waals surface area contributed by atoms with Crippen LogP contribution in [0.15, 0.2) is 18.2 Å². The van der Waals surface area contributed by atoms with E-state index in [9.17, 15) is 0 Å². The zero-order chi connectivity index (χ0) is 13.8. The summed E-state index contributed by atoms with van der Waals surface area (Å²) in [5.74, 6) is 0.318. The molecule has 2 aromatic rings. The van der Waals surface area contributed by atoms with Crippen LogP contribution in [0.1, 0.15) is 6.92 Å². The monoisotopic (exact) mass is 319 g/mol. The standard InChI is InChI=1S/C11H8Cl3N3O2/c1-2-18-10-15-9(14)16-11(17-10)19-8-5-6(12)3-4-7(8)13/h3-5H,2H2,1H3. The van der Waals surface area contributed by atoms with E-state index < -0.39 is 0 Å². The summed E-state index contributed by atoms with van der Waals surface area (Å²) >= 11 is 17.6. The van der Waals surface area contributed by atoms with Gasteiger partial charge in [-0.1, -0.05) is 23.2 Å². The molecule has 1 heterocycles. The Balaban J connectivity index is 2.29. The summed E-state index contributed by atoms with van der Waals surface area (Å²) in [6.07, 6.45) is 0. The van der Waals surface area contributed by atoms with E-state index in [1.807, 2.05) is 0 Å². The maximum absolute atomic E-state index is 5.97. The molecule has 0 aliphatic heterocycles. The first-order valence-corrected chi connectivity index (χ1v) is 6.39. The van der Waals surface area contributed by atoms with Gasteiger partial charge >= 0.3 is 12.0 Å². The Labute approximate surface area is 124 Å². The maximum Gasteiger partial charge on any atom is 0.329 e. The van der Waals surface area contributed by atoms with E-state index in [-0.39, 0.29) is 17.3 Å². The van der Waals surface area contributed by atoms with Crippen LogP contribution in [0.2, 0.25) is 15.3 Å². The molecule has 0 spiro atoms. The molecule has 0 fully saturated rings. The van der Waals surface area contributed by atoms with Crippen molar-refractivity contribution in [1.29, 1.82) is 0 Å². The molecule has 0 radical (unpaired) electrons. The number of nitrogens with zero attached hydrogens (tertiary/aromatic N) is 3. The van der Waals surface area contributed by atoms with E-state index in [1.165, 1.54) is 0 Å². The molecule has 0 amide bonds. The minimum atomic E-state index is -0.0356. The molecule has 0 bridgehead atoms. The maximum atomic E-state index is 5.97. The summed E-state index contributed by atoms with van der Waals surface area (Å²) < 4.78 is 10.5. The van der Waals surface area contributed by atoms with Crippen LogP contribution in [-0.4, -0.2) is 21.6 Å². The highest BCUT2D eigenvalue weighted by atomic mass is 35.5. The first-order chi connectivity index (χ1) is 9.08. The summed E-state index contributed by atoms with van der Waals surface area (Å²) in [7, 11) is 0. The van der Waals surface area contributed by atoms with Crippen molar-refractivity contribution in [2.45, 2.75) is 6.92 Å². The molecular weight excluding hydrogens is 312 g/mol. The third kappa shape index (κ3) is 3.83. The minimum Gasteiger partial charge on any atom is -0.464 e. The Hall–Kier alpha value is -1.30. The summed E-state index contributed by atoms with van der Waals surface area (Å²) in [4.78, 5) is 11.5. The third-order valence-electron chi connectivity index (χ3n) is 1.94. The van der Waals surface area contributed by atoms with Gasteiger partial charge in [-0.15, -0.1) is 4.98 Å². The second-order valence-corrected chi connectivity index (χ2v) is 4.46. The molecule has 0 aliphatic carbocycles. The Morgan fingerprint density at radius 3 is 2.53 bits per heavy atom. The first-order valence-electron chi connectivity index (χ1n) is 5.25. The molecule has 5 nitrogen and oxygen atoms in total.